The number of rotatable bonds is 3. The maximum Gasteiger partial charge on any atom is 0.338 e. The molecule has 1 saturated carbocycles. The van der Waals surface area contributed by atoms with Gasteiger partial charge in [0.1, 0.15) is 11.9 Å². The zero-order chi connectivity index (χ0) is 19.1. The molecule has 8 nitrogen and oxygen atoms in total. The van der Waals surface area contributed by atoms with Crippen LogP contribution in [-0.2, 0) is 4.74 Å². The highest BCUT2D eigenvalue weighted by Crippen LogP contribution is 2.24. The van der Waals surface area contributed by atoms with E-state index in [1.165, 1.54) is 12.1 Å². The summed E-state index contributed by atoms with van der Waals surface area (Å²) in [6.45, 7) is 0. The fourth-order valence-electron chi connectivity index (χ4n) is 3.52. The number of anilines is 1. The first-order chi connectivity index (χ1) is 13.0. The second kappa shape index (κ2) is 6.39. The van der Waals surface area contributed by atoms with Crippen LogP contribution in [0.25, 0.3) is 5.69 Å². The largest absolute Gasteiger partial charge is 0.459 e. The Kier molecular flexibility index (Phi) is 4.02. The van der Waals surface area contributed by atoms with Crippen LogP contribution >= 0.6 is 0 Å². The van der Waals surface area contributed by atoms with Crippen LogP contribution in [0.2, 0.25) is 0 Å². The Labute approximate surface area is 153 Å². The summed E-state index contributed by atoms with van der Waals surface area (Å²) in [5.41, 5.74) is 6.13. The number of nitrogen functional groups attached to an aromatic ring is 1. The fourth-order valence-corrected chi connectivity index (χ4v) is 3.52. The number of benzene rings is 1. The van der Waals surface area contributed by atoms with Gasteiger partial charge in [0.05, 0.1) is 22.4 Å². The zero-order valence-corrected chi connectivity index (χ0v) is 14.4. The Hall–Kier alpha value is -3.42. The number of amides is 2. The van der Waals surface area contributed by atoms with Crippen LogP contribution in [0.1, 0.15) is 56.8 Å². The van der Waals surface area contributed by atoms with Crippen LogP contribution in [0.3, 0.4) is 0 Å². The van der Waals surface area contributed by atoms with E-state index in [-0.39, 0.29) is 23.0 Å². The lowest BCUT2D eigenvalue weighted by molar-refractivity contribution is 0.0317. The molecule has 27 heavy (non-hydrogen) atoms. The van der Waals surface area contributed by atoms with Crippen molar-refractivity contribution in [2.45, 2.75) is 31.8 Å². The molecule has 0 bridgehead atoms. The molecule has 2 aliphatic rings. The molecule has 1 aliphatic carbocycles. The number of aromatic nitrogens is 1. The van der Waals surface area contributed by atoms with Gasteiger partial charge >= 0.3 is 5.97 Å². The maximum absolute atomic E-state index is 12.4. The highest BCUT2D eigenvalue weighted by molar-refractivity contribution is 6.23. The second-order valence-corrected chi connectivity index (χ2v) is 6.63. The van der Waals surface area contributed by atoms with Crippen LogP contribution in [0.15, 0.2) is 35.1 Å². The topological polar surface area (TPSA) is 120 Å². The minimum atomic E-state index is -0.643. The van der Waals surface area contributed by atoms with Crippen molar-refractivity contribution in [1.82, 2.24) is 9.88 Å². The van der Waals surface area contributed by atoms with E-state index in [1.807, 2.05) is 0 Å². The summed E-state index contributed by atoms with van der Waals surface area (Å²) < 4.78 is 6.58. The Balaban J connectivity index is 1.66. The van der Waals surface area contributed by atoms with Crippen LogP contribution in [0.5, 0.6) is 0 Å². The predicted octanol–water partition coefficient (Wildman–Crippen LogP) is 1.40. The molecule has 0 saturated heterocycles. The molecule has 3 N–H and O–H groups in total. The van der Waals surface area contributed by atoms with Gasteiger partial charge < -0.3 is 10.5 Å². The minimum Gasteiger partial charge on any atom is -0.459 e. The van der Waals surface area contributed by atoms with Gasteiger partial charge in [-0.1, -0.05) is 0 Å². The van der Waals surface area contributed by atoms with Gasteiger partial charge in [-0.25, -0.2) is 4.79 Å². The minimum absolute atomic E-state index is 0.0238. The van der Waals surface area contributed by atoms with E-state index < -0.39 is 23.3 Å². The van der Waals surface area contributed by atoms with Gasteiger partial charge in [0, 0.05) is 6.07 Å². The monoisotopic (exact) mass is 367 g/mol. The molecule has 2 aromatic rings. The predicted molar refractivity (Wildman–Crippen MR) is 95.9 cm³/mol. The van der Waals surface area contributed by atoms with Gasteiger partial charge in [0.25, 0.3) is 17.4 Å². The Morgan fingerprint density at radius 2 is 1.74 bits per heavy atom. The molecule has 1 fully saturated rings. The summed E-state index contributed by atoms with van der Waals surface area (Å²) in [7, 11) is 0. The summed E-state index contributed by atoms with van der Waals surface area (Å²) in [4.78, 5) is 48.2. The van der Waals surface area contributed by atoms with E-state index in [9.17, 15) is 19.2 Å². The third kappa shape index (κ3) is 2.88. The van der Waals surface area contributed by atoms with E-state index in [0.717, 1.165) is 36.3 Å². The number of esters is 1. The van der Waals surface area contributed by atoms with Crippen molar-refractivity contribution in [1.29, 1.82) is 0 Å². The number of ether oxygens (including phenoxy) is 1. The van der Waals surface area contributed by atoms with Gasteiger partial charge in [-0.3, -0.25) is 24.3 Å². The molecule has 8 heteroatoms. The zero-order valence-electron chi connectivity index (χ0n) is 14.4. The van der Waals surface area contributed by atoms with Crippen molar-refractivity contribution >= 4 is 23.6 Å². The number of nitrogens with two attached hydrogens (primary N) is 1. The first-order valence-corrected chi connectivity index (χ1v) is 8.68. The maximum atomic E-state index is 12.4. The lowest BCUT2D eigenvalue weighted by atomic mass is 10.1. The lowest BCUT2D eigenvalue weighted by Gasteiger charge is -2.13. The molecule has 0 atom stereocenters. The number of nitrogens with one attached hydrogen (secondary N) is 1. The first-order valence-electron chi connectivity index (χ1n) is 8.68. The van der Waals surface area contributed by atoms with Crippen LogP contribution in [-0.4, -0.2) is 28.5 Å². The third-order valence-corrected chi connectivity index (χ3v) is 4.89. The molecule has 2 heterocycles. The van der Waals surface area contributed by atoms with Gasteiger partial charge in [-0.2, -0.15) is 0 Å². The van der Waals surface area contributed by atoms with Crippen molar-refractivity contribution in [2.75, 3.05) is 5.73 Å². The molecule has 0 spiro atoms. The van der Waals surface area contributed by atoms with Gasteiger partial charge in [-0.15, -0.1) is 0 Å². The number of imide groups is 1. The van der Waals surface area contributed by atoms with E-state index in [0.29, 0.717) is 11.3 Å². The Morgan fingerprint density at radius 1 is 1.07 bits per heavy atom. The SMILES string of the molecule is Nc1c2c(cc(=O)n1-c1ccc(C(=O)OC3CCCC3)cc1)C(=O)NC2=O. The number of nitrogens with zero attached hydrogens (tertiary/aromatic N) is 1. The third-order valence-electron chi connectivity index (χ3n) is 4.89. The molecule has 1 aromatic heterocycles. The quantitative estimate of drug-likeness (QED) is 0.625. The molecule has 1 aliphatic heterocycles. The van der Waals surface area contributed by atoms with Crippen LogP contribution in [0, 0.1) is 0 Å². The van der Waals surface area contributed by atoms with Gasteiger partial charge in [0.2, 0.25) is 0 Å². The normalized spacial score (nSPS) is 16.3. The number of carbonyl (C=O) groups is 3. The number of hydrogen-bond acceptors (Lipinski definition) is 6. The number of carbonyl (C=O) groups excluding carboxylic acids is 3. The van der Waals surface area contributed by atoms with E-state index >= 15 is 0 Å². The Bertz CT molecular complexity index is 1020. The van der Waals surface area contributed by atoms with Crippen molar-refractivity contribution in [3.05, 3.63) is 57.4 Å². The number of fused-ring (bicyclic) bond motifs is 1. The van der Waals surface area contributed by atoms with Gasteiger partial charge in [0.15, 0.2) is 0 Å². The molecule has 4 rings (SSSR count). The highest BCUT2D eigenvalue weighted by atomic mass is 16.5. The average Bonchev–Trinajstić information content (AvgIpc) is 3.23. The number of pyridine rings is 1. The summed E-state index contributed by atoms with van der Waals surface area (Å²) >= 11 is 0. The second-order valence-electron chi connectivity index (χ2n) is 6.63. The standard InChI is InChI=1S/C19H17N3O5/c20-16-15-13(17(24)21-18(15)25)9-14(23)22(16)11-7-5-10(6-8-11)19(26)27-12-3-1-2-4-12/h5-9,12H,1-4,20H2,(H,21,24,25). The summed E-state index contributed by atoms with van der Waals surface area (Å²) in [6.07, 6.45) is 3.85. The Morgan fingerprint density at radius 3 is 2.41 bits per heavy atom. The van der Waals surface area contributed by atoms with E-state index in [2.05, 4.69) is 5.32 Å². The molecular formula is C19H17N3O5. The summed E-state index contributed by atoms with van der Waals surface area (Å²) in [5, 5.41) is 2.12. The molecule has 0 radical (unpaired) electrons. The van der Waals surface area contributed by atoms with E-state index in [4.69, 9.17) is 10.5 Å². The van der Waals surface area contributed by atoms with Crippen molar-refractivity contribution in [3.63, 3.8) is 0 Å². The number of hydrogen-bond donors (Lipinski definition) is 2. The molecule has 138 valence electrons. The lowest BCUT2D eigenvalue weighted by Crippen LogP contribution is -2.24. The average molecular weight is 367 g/mol. The molecule has 0 unspecified atom stereocenters. The van der Waals surface area contributed by atoms with Crippen molar-refractivity contribution < 1.29 is 19.1 Å². The van der Waals surface area contributed by atoms with Crippen molar-refractivity contribution in [2.24, 2.45) is 0 Å². The van der Waals surface area contributed by atoms with Crippen LogP contribution < -0.4 is 16.6 Å². The van der Waals surface area contributed by atoms with E-state index in [1.54, 1.807) is 12.1 Å². The first kappa shape index (κ1) is 17.0. The molecule has 2 amide bonds. The molecule has 1 aromatic carbocycles. The molecular weight excluding hydrogens is 350 g/mol. The smallest absolute Gasteiger partial charge is 0.338 e. The van der Waals surface area contributed by atoms with Crippen LogP contribution in [0.4, 0.5) is 5.82 Å². The van der Waals surface area contributed by atoms with Crippen molar-refractivity contribution in [3.8, 4) is 5.69 Å². The fraction of sp³-hybridized carbons (Fsp3) is 0.263. The van der Waals surface area contributed by atoms with Gasteiger partial charge in [-0.05, 0) is 49.9 Å². The summed E-state index contributed by atoms with van der Waals surface area (Å²) in [5.74, 6) is -1.82. The highest BCUT2D eigenvalue weighted by Gasteiger charge is 2.31. The summed E-state index contributed by atoms with van der Waals surface area (Å²) in [6, 6.07) is 7.25.